The van der Waals surface area contributed by atoms with Crippen LogP contribution in [0, 0.1) is 16.7 Å². The minimum atomic E-state index is -2.11. The molecule has 0 radical (unpaired) electrons. The van der Waals surface area contributed by atoms with Crippen molar-refractivity contribution in [3.05, 3.63) is 47.0 Å². The molecule has 1 aromatic rings. The van der Waals surface area contributed by atoms with Gasteiger partial charge < -0.3 is 34.3 Å². The molecule has 4 aliphatic rings. The number of Topliss-reactive ketones (excluding diaryl/α,β-unsaturated/α-hetero) is 1. The van der Waals surface area contributed by atoms with Crippen molar-refractivity contribution in [2.75, 3.05) is 6.61 Å². The van der Waals surface area contributed by atoms with Crippen LogP contribution in [0.25, 0.3) is 0 Å². The van der Waals surface area contributed by atoms with Crippen LogP contribution in [0.3, 0.4) is 0 Å². The van der Waals surface area contributed by atoms with Gasteiger partial charge in [0.25, 0.3) is 0 Å². The van der Waals surface area contributed by atoms with Gasteiger partial charge in [0.2, 0.25) is 0 Å². The van der Waals surface area contributed by atoms with Gasteiger partial charge in [-0.2, -0.15) is 0 Å². The van der Waals surface area contributed by atoms with E-state index in [1.165, 1.54) is 26.0 Å². The minimum Gasteiger partial charge on any atom is -0.455 e. The smallest absolute Gasteiger partial charge is 0.455 e. The first-order chi connectivity index (χ1) is 19.5. The van der Waals surface area contributed by atoms with Crippen molar-refractivity contribution in [3.8, 4) is 0 Å². The zero-order valence-electron chi connectivity index (χ0n) is 25.6. The van der Waals surface area contributed by atoms with E-state index in [0.717, 1.165) is 6.92 Å². The number of rotatable bonds is 4. The number of aliphatic hydroxyl groups excluding tert-OH is 2. The molecule has 1 unspecified atom stereocenters. The van der Waals surface area contributed by atoms with Crippen LogP contribution in [-0.2, 0) is 33.3 Å². The summed E-state index contributed by atoms with van der Waals surface area (Å²) in [6, 6.07) is 8.05. The molecule has 3 aliphatic carbocycles. The van der Waals surface area contributed by atoms with E-state index in [1.807, 2.05) is 0 Å². The predicted octanol–water partition coefficient (Wildman–Crippen LogP) is -1.34. The minimum absolute atomic E-state index is 0. The van der Waals surface area contributed by atoms with E-state index < -0.39 is 82.2 Å². The zero-order valence-corrected chi connectivity index (χ0v) is 25.6. The number of benzene rings is 1. The van der Waals surface area contributed by atoms with Crippen molar-refractivity contribution in [2.45, 2.75) is 96.1 Å². The van der Waals surface area contributed by atoms with Crippen molar-refractivity contribution in [3.63, 3.8) is 0 Å². The zero-order chi connectivity index (χ0) is 31.0. The SMILES string of the molecule is CC(=O)O[C@H]1C(=O)[C@@]2(C)C([C@H](OC(=O)c3ccccc3)[C@]3(O)C[C@H](O)C(C)=C1C3(C)C)[C@]1(OC(C)=O)CO[C@@H]1C[C@@H]2O.[Li+]. The normalized spacial score (nSPS) is 39.4. The van der Waals surface area contributed by atoms with E-state index in [2.05, 4.69) is 0 Å². The molecule has 0 aromatic heterocycles. The number of carbonyl (C=O) groups is 4. The Bertz CT molecular complexity index is 1360. The Morgan fingerprint density at radius 1 is 1.00 bits per heavy atom. The number of ketones is 1. The molecule has 1 aliphatic heterocycles. The van der Waals surface area contributed by atoms with Crippen LogP contribution >= 0.6 is 0 Å². The number of carbonyl (C=O) groups excluding carboxylic acids is 4. The molecular formula is C31H38LiO11+. The number of ether oxygens (including phenoxy) is 4. The summed E-state index contributed by atoms with van der Waals surface area (Å²) in [5.41, 5.74) is -6.38. The average Bonchev–Trinajstić information content (AvgIpc) is 2.90. The second kappa shape index (κ2) is 11.1. The standard InChI is InChI=1S/C31H38O11.Li/c1-15-19(34)13-31(38)26(41-27(37)18-10-8-7-9-11-18)24-29(6,20(35)12-21-30(24,14-39-21)42-17(3)33)25(36)23(40-16(2)32)22(15)28(31,4)5;/h7-11,19-21,23-24,26,34-35,38H,12-14H2,1-6H3;/q;+1/t19-,20-,21+,23+,24?,26-,29+,30-,31+;/m0./s1. The predicted molar refractivity (Wildman–Crippen MR) is 145 cm³/mol. The van der Waals surface area contributed by atoms with E-state index >= 15 is 0 Å². The fourth-order valence-electron chi connectivity index (χ4n) is 7.91. The summed E-state index contributed by atoms with van der Waals surface area (Å²) >= 11 is 0. The molecule has 12 heteroatoms. The van der Waals surface area contributed by atoms with Crippen LogP contribution in [0.5, 0.6) is 0 Å². The third kappa shape index (κ3) is 4.71. The van der Waals surface area contributed by atoms with Crippen LogP contribution in [0.15, 0.2) is 41.5 Å². The number of fused-ring (bicyclic) bond motifs is 5. The Labute approximate surface area is 262 Å². The molecule has 43 heavy (non-hydrogen) atoms. The van der Waals surface area contributed by atoms with Gasteiger partial charge in [-0.3, -0.25) is 14.4 Å². The topological polar surface area (TPSA) is 166 Å². The summed E-state index contributed by atoms with van der Waals surface area (Å²) < 4.78 is 23.5. The molecule has 11 nitrogen and oxygen atoms in total. The van der Waals surface area contributed by atoms with Gasteiger partial charge in [-0.25, -0.2) is 4.79 Å². The average molecular weight is 594 g/mol. The largest absolute Gasteiger partial charge is 1.00 e. The first-order valence-corrected chi connectivity index (χ1v) is 14.1. The first-order valence-electron chi connectivity index (χ1n) is 14.1. The number of esters is 3. The van der Waals surface area contributed by atoms with Gasteiger partial charge in [-0.1, -0.05) is 32.0 Å². The van der Waals surface area contributed by atoms with Gasteiger partial charge >= 0.3 is 36.8 Å². The molecule has 0 spiro atoms. The van der Waals surface area contributed by atoms with Gasteiger partial charge in [0.15, 0.2) is 17.5 Å². The van der Waals surface area contributed by atoms with Crippen LogP contribution in [-0.4, -0.2) is 87.3 Å². The number of hydrogen-bond donors (Lipinski definition) is 3. The maximum atomic E-state index is 14.8. The fraction of sp³-hybridized carbons (Fsp3) is 0.613. The molecule has 5 rings (SSSR count). The molecule has 1 aromatic carbocycles. The maximum absolute atomic E-state index is 14.8. The van der Waals surface area contributed by atoms with Crippen molar-refractivity contribution in [1.29, 1.82) is 0 Å². The van der Waals surface area contributed by atoms with Crippen molar-refractivity contribution >= 4 is 23.7 Å². The summed E-state index contributed by atoms with van der Waals surface area (Å²) in [6.07, 6.45) is -7.27. The second-order valence-electron chi connectivity index (χ2n) is 12.8. The van der Waals surface area contributed by atoms with Crippen LogP contribution < -0.4 is 18.9 Å². The van der Waals surface area contributed by atoms with Gasteiger partial charge in [0, 0.05) is 32.1 Å². The van der Waals surface area contributed by atoms with E-state index in [0.29, 0.717) is 5.57 Å². The van der Waals surface area contributed by atoms with E-state index in [1.54, 1.807) is 39.0 Å². The Balaban J connectivity index is 0.00000423. The summed E-state index contributed by atoms with van der Waals surface area (Å²) in [5, 5.41) is 35.8. The Kier molecular flexibility index (Phi) is 8.64. The fourth-order valence-corrected chi connectivity index (χ4v) is 7.91. The van der Waals surface area contributed by atoms with E-state index in [9.17, 15) is 34.5 Å². The molecule has 1 saturated heterocycles. The third-order valence-corrected chi connectivity index (χ3v) is 10.2. The molecule has 3 fully saturated rings. The van der Waals surface area contributed by atoms with E-state index in [-0.39, 0.29) is 49.4 Å². The second-order valence-corrected chi connectivity index (χ2v) is 12.8. The molecule has 3 N–H and O–H groups in total. The van der Waals surface area contributed by atoms with Crippen LogP contribution in [0.2, 0.25) is 0 Å². The summed E-state index contributed by atoms with van der Waals surface area (Å²) in [4.78, 5) is 53.4. The third-order valence-electron chi connectivity index (χ3n) is 10.2. The molecular weight excluding hydrogens is 555 g/mol. The number of hydrogen-bond acceptors (Lipinski definition) is 11. The quantitative estimate of drug-likeness (QED) is 0.164. The molecule has 2 bridgehead atoms. The van der Waals surface area contributed by atoms with E-state index in [4.69, 9.17) is 18.9 Å². The monoisotopic (exact) mass is 593 g/mol. The first kappa shape index (κ1) is 33.4. The van der Waals surface area contributed by atoms with Crippen LogP contribution in [0.1, 0.15) is 64.7 Å². The van der Waals surface area contributed by atoms with Crippen molar-refractivity contribution < 1.29 is 72.3 Å². The molecule has 9 atom stereocenters. The van der Waals surface area contributed by atoms with Crippen molar-refractivity contribution in [1.82, 2.24) is 0 Å². The number of aliphatic hydroxyl groups is 3. The molecule has 0 amide bonds. The Morgan fingerprint density at radius 2 is 1.63 bits per heavy atom. The Hall–Kier alpha value is -2.52. The summed E-state index contributed by atoms with van der Waals surface area (Å²) in [5.74, 6) is -4.41. The van der Waals surface area contributed by atoms with Gasteiger partial charge in [-0.15, -0.1) is 0 Å². The van der Waals surface area contributed by atoms with Gasteiger partial charge in [-0.05, 0) is 37.1 Å². The molecule has 228 valence electrons. The molecule has 1 heterocycles. The maximum Gasteiger partial charge on any atom is 1.00 e. The van der Waals surface area contributed by atoms with Crippen LogP contribution in [0.4, 0.5) is 0 Å². The summed E-state index contributed by atoms with van der Waals surface area (Å²) in [7, 11) is 0. The molecule has 2 saturated carbocycles. The van der Waals surface area contributed by atoms with Gasteiger partial charge in [0.05, 0.1) is 35.7 Å². The Morgan fingerprint density at radius 3 is 2.16 bits per heavy atom. The summed E-state index contributed by atoms with van der Waals surface area (Å²) in [6.45, 7) is 8.42. The van der Waals surface area contributed by atoms with Crippen molar-refractivity contribution in [2.24, 2.45) is 16.7 Å². The van der Waals surface area contributed by atoms with Gasteiger partial charge in [0.1, 0.15) is 17.8 Å².